The molecular formula is C33H42N2O5. The number of benzene rings is 3. The van der Waals surface area contributed by atoms with E-state index in [4.69, 9.17) is 9.47 Å². The first kappa shape index (κ1) is 30.7. The molecule has 3 rings (SSSR count). The van der Waals surface area contributed by atoms with E-state index in [1.165, 1.54) is 0 Å². The zero-order valence-electron chi connectivity index (χ0n) is 24.1. The largest absolute Gasteiger partial charge is 0.483 e. The third-order valence-corrected chi connectivity index (χ3v) is 6.44. The molecule has 3 N–H and O–H groups in total. The van der Waals surface area contributed by atoms with Crippen molar-refractivity contribution < 1.29 is 24.2 Å². The second kappa shape index (κ2) is 14.5. The van der Waals surface area contributed by atoms with Crippen LogP contribution in [0.25, 0.3) is 0 Å². The van der Waals surface area contributed by atoms with Crippen molar-refractivity contribution in [1.29, 1.82) is 0 Å². The molecule has 7 heteroatoms. The minimum atomic E-state index is -0.951. The standard InChI is InChI=1S/C33H42N2O5/c1-23-13-12-14-24(2)31(23)39-22-30(37)35-28(20-26-17-10-7-11-18-26)29(36)21-27(19-25-15-8-6-9-16-25)34-32(38)40-33(3,4)5/h6-18,27-29,36H,19-22H2,1-5H3,(H,34,38)(H,35,37)/t27-,28-,29-/m0/s1. The number of aryl methyl sites for hydroxylation is 2. The summed E-state index contributed by atoms with van der Waals surface area (Å²) in [7, 11) is 0. The smallest absolute Gasteiger partial charge is 0.407 e. The molecule has 40 heavy (non-hydrogen) atoms. The Morgan fingerprint density at radius 3 is 1.90 bits per heavy atom. The summed E-state index contributed by atoms with van der Waals surface area (Å²) in [4.78, 5) is 25.7. The first-order valence-electron chi connectivity index (χ1n) is 13.7. The van der Waals surface area contributed by atoms with Crippen molar-refractivity contribution in [2.75, 3.05) is 6.61 Å². The average molecular weight is 547 g/mol. The van der Waals surface area contributed by atoms with E-state index >= 15 is 0 Å². The molecule has 0 aliphatic rings. The molecule has 3 aromatic rings. The molecule has 0 heterocycles. The molecule has 2 amide bonds. The SMILES string of the molecule is Cc1cccc(C)c1OCC(=O)N[C@@H](Cc1ccccc1)[C@@H](O)C[C@H](Cc1ccccc1)NC(=O)OC(C)(C)C. The highest BCUT2D eigenvalue weighted by molar-refractivity contribution is 5.78. The van der Waals surface area contributed by atoms with Crippen LogP contribution in [0.3, 0.4) is 0 Å². The highest BCUT2D eigenvalue weighted by Gasteiger charge is 2.28. The van der Waals surface area contributed by atoms with Crippen LogP contribution < -0.4 is 15.4 Å². The number of hydrogen-bond acceptors (Lipinski definition) is 5. The maximum Gasteiger partial charge on any atom is 0.407 e. The van der Waals surface area contributed by atoms with Crippen molar-refractivity contribution in [3.05, 3.63) is 101 Å². The van der Waals surface area contributed by atoms with Gasteiger partial charge in [0, 0.05) is 6.04 Å². The number of para-hydroxylation sites is 1. The zero-order chi connectivity index (χ0) is 29.1. The van der Waals surface area contributed by atoms with Crippen molar-refractivity contribution in [2.45, 2.75) is 77.7 Å². The molecule has 0 aromatic heterocycles. The fourth-order valence-corrected chi connectivity index (χ4v) is 4.59. The van der Waals surface area contributed by atoms with Gasteiger partial charge in [0.15, 0.2) is 6.61 Å². The van der Waals surface area contributed by atoms with Gasteiger partial charge in [-0.1, -0.05) is 78.9 Å². The van der Waals surface area contributed by atoms with Crippen molar-refractivity contribution in [3.63, 3.8) is 0 Å². The molecule has 0 saturated carbocycles. The molecule has 0 bridgehead atoms. The molecule has 0 aliphatic carbocycles. The number of aliphatic hydroxyl groups is 1. The minimum Gasteiger partial charge on any atom is -0.483 e. The number of nitrogens with one attached hydrogen (secondary N) is 2. The van der Waals surface area contributed by atoms with Crippen LogP contribution in [-0.2, 0) is 22.4 Å². The summed E-state index contributed by atoms with van der Waals surface area (Å²) in [5.41, 5.74) is 3.24. The Morgan fingerprint density at radius 2 is 1.35 bits per heavy atom. The summed E-state index contributed by atoms with van der Waals surface area (Å²) in [5, 5.41) is 17.3. The quantitative estimate of drug-likeness (QED) is 0.287. The van der Waals surface area contributed by atoms with E-state index in [2.05, 4.69) is 10.6 Å². The summed E-state index contributed by atoms with van der Waals surface area (Å²) in [6.45, 7) is 9.12. The second-order valence-electron chi connectivity index (χ2n) is 11.2. The topological polar surface area (TPSA) is 96.9 Å². The van der Waals surface area contributed by atoms with Crippen molar-refractivity contribution >= 4 is 12.0 Å². The maximum absolute atomic E-state index is 13.0. The van der Waals surface area contributed by atoms with Gasteiger partial charge in [-0.3, -0.25) is 4.79 Å². The molecule has 7 nitrogen and oxygen atoms in total. The number of ether oxygens (including phenoxy) is 2. The van der Waals surface area contributed by atoms with E-state index in [1.807, 2.05) is 92.7 Å². The molecule has 3 aromatic carbocycles. The summed E-state index contributed by atoms with van der Waals surface area (Å²) in [6.07, 6.45) is -0.372. The van der Waals surface area contributed by atoms with Crippen molar-refractivity contribution in [1.82, 2.24) is 10.6 Å². The zero-order valence-corrected chi connectivity index (χ0v) is 24.1. The summed E-state index contributed by atoms with van der Waals surface area (Å²) in [6, 6.07) is 24.2. The van der Waals surface area contributed by atoms with Gasteiger partial charge in [-0.05, 0) is 76.1 Å². The molecule has 0 unspecified atom stereocenters. The normalized spacial score (nSPS) is 13.6. The van der Waals surface area contributed by atoms with Gasteiger partial charge < -0.3 is 25.2 Å². The molecule has 0 fully saturated rings. The van der Waals surface area contributed by atoms with E-state index < -0.39 is 29.9 Å². The second-order valence-corrected chi connectivity index (χ2v) is 11.2. The van der Waals surface area contributed by atoms with Crippen LogP contribution in [0.5, 0.6) is 5.75 Å². The van der Waals surface area contributed by atoms with Crippen LogP contribution in [0, 0.1) is 13.8 Å². The lowest BCUT2D eigenvalue weighted by Crippen LogP contribution is -2.50. The van der Waals surface area contributed by atoms with E-state index in [-0.39, 0.29) is 18.9 Å². The molecule has 0 radical (unpaired) electrons. The maximum atomic E-state index is 13.0. The Morgan fingerprint density at radius 1 is 0.800 bits per heavy atom. The minimum absolute atomic E-state index is 0.173. The van der Waals surface area contributed by atoms with E-state index in [0.29, 0.717) is 18.6 Å². The number of rotatable bonds is 12. The highest BCUT2D eigenvalue weighted by atomic mass is 16.6. The average Bonchev–Trinajstić information content (AvgIpc) is 2.88. The monoisotopic (exact) mass is 546 g/mol. The van der Waals surface area contributed by atoms with Gasteiger partial charge in [0.2, 0.25) is 0 Å². The number of carbonyl (C=O) groups excluding carboxylic acids is 2. The Bertz CT molecular complexity index is 1200. The molecule has 3 atom stereocenters. The van der Waals surface area contributed by atoms with E-state index in [1.54, 1.807) is 20.8 Å². The van der Waals surface area contributed by atoms with Crippen molar-refractivity contribution in [2.24, 2.45) is 0 Å². The van der Waals surface area contributed by atoms with Gasteiger partial charge in [0.05, 0.1) is 12.1 Å². The fraction of sp³-hybridized carbons (Fsp3) is 0.394. The summed E-state index contributed by atoms with van der Waals surface area (Å²) >= 11 is 0. The lowest BCUT2D eigenvalue weighted by atomic mass is 9.93. The molecule has 0 spiro atoms. The van der Waals surface area contributed by atoms with Crippen LogP contribution in [0.4, 0.5) is 4.79 Å². The lowest BCUT2D eigenvalue weighted by molar-refractivity contribution is -0.124. The number of amides is 2. The predicted octanol–water partition coefficient (Wildman–Crippen LogP) is 5.30. The predicted molar refractivity (Wildman–Crippen MR) is 157 cm³/mol. The van der Waals surface area contributed by atoms with Crippen LogP contribution in [-0.4, -0.2) is 47.5 Å². The van der Waals surface area contributed by atoms with Crippen molar-refractivity contribution in [3.8, 4) is 5.75 Å². The third-order valence-electron chi connectivity index (χ3n) is 6.44. The van der Waals surface area contributed by atoms with Gasteiger partial charge in [-0.2, -0.15) is 0 Å². The van der Waals surface area contributed by atoms with Crippen LogP contribution in [0.1, 0.15) is 49.4 Å². The fourth-order valence-electron chi connectivity index (χ4n) is 4.59. The molecule has 0 saturated heterocycles. The Hall–Kier alpha value is -3.84. The molecule has 0 aliphatic heterocycles. The highest BCUT2D eigenvalue weighted by Crippen LogP contribution is 2.22. The Balaban J connectivity index is 1.74. The number of hydrogen-bond donors (Lipinski definition) is 3. The Kier molecular flexibility index (Phi) is 11.1. The van der Waals surface area contributed by atoms with Gasteiger partial charge >= 0.3 is 6.09 Å². The summed E-state index contributed by atoms with van der Waals surface area (Å²) < 4.78 is 11.3. The molecule has 214 valence electrons. The van der Waals surface area contributed by atoms with Gasteiger partial charge in [0.25, 0.3) is 5.91 Å². The lowest BCUT2D eigenvalue weighted by Gasteiger charge is -2.29. The summed E-state index contributed by atoms with van der Waals surface area (Å²) in [5.74, 6) is 0.352. The number of carbonyl (C=O) groups is 2. The van der Waals surface area contributed by atoms with E-state index in [0.717, 1.165) is 22.3 Å². The van der Waals surface area contributed by atoms with Crippen LogP contribution in [0.15, 0.2) is 78.9 Å². The number of alkyl carbamates (subject to hydrolysis) is 1. The first-order valence-corrected chi connectivity index (χ1v) is 13.7. The van der Waals surface area contributed by atoms with Gasteiger partial charge in [-0.25, -0.2) is 4.79 Å². The van der Waals surface area contributed by atoms with Gasteiger partial charge in [0.1, 0.15) is 11.4 Å². The van der Waals surface area contributed by atoms with Gasteiger partial charge in [-0.15, -0.1) is 0 Å². The van der Waals surface area contributed by atoms with E-state index in [9.17, 15) is 14.7 Å². The third kappa shape index (κ3) is 10.4. The first-order chi connectivity index (χ1) is 19.0. The number of aliphatic hydroxyl groups excluding tert-OH is 1. The van der Waals surface area contributed by atoms with Crippen LogP contribution in [0.2, 0.25) is 0 Å². The van der Waals surface area contributed by atoms with Crippen LogP contribution >= 0.6 is 0 Å². The molecular weight excluding hydrogens is 504 g/mol. The Labute approximate surface area is 237 Å².